The highest BCUT2D eigenvalue weighted by atomic mass is 15.1. The van der Waals surface area contributed by atoms with E-state index in [-0.39, 0.29) is 0 Å². The molecule has 1 rings (SSSR count). The number of hydrogen-bond acceptors (Lipinski definition) is 2. The van der Waals surface area contributed by atoms with E-state index >= 15 is 0 Å². The third kappa shape index (κ3) is 4.13. The highest BCUT2D eigenvalue weighted by Crippen LogP contribution is 2.10. The number of likely N-dealkylation sites (tertiary alicyclic amines) is 1. The molecule has 1 unspecified atom stereocenters. The standard InChI is InChI=1S/C12H22N2/c1-3-8-13-12-6-5-10-14(9-4-2)11-7-12/h1,12-13H,4-11H2,2H3. The Hall–Kier alpha value is -0.520. The van der Waals surface area contributed by atoms with Crippen LogP contribution in [0.25, 0.3) is 0 Å². The molecule has 0 aromatic carbocycles. The summed E-state index contributed by atoms with van der Waals surface area (Å²) >= 11 is 0. The quantitative estimate of drug-likeness (QED) is 0.682. The molecule has 2 nitrogen and oxygen atoms in total. The lowest BCUT2D eigenvalue weighted by Gasteiger charge is -2.19. The Bertz CT molecular complexity index is 183. The molecule has 1 atom stereocenters. The van der Waals surface area contributed by atoms with Crippen LogP contribution in [0.5, 0.6) is 0 Å². The van der Waals surface area contributed by atoms with Crippen molar-refractivity contribution >= 4 is 0 Å². The second kappa shape index (κ2) is 6.86. The van der Waals surface area contributed by atoms with Gasteiger partial charge in [0, 0.05) is 6.04 Å². The van der Waals surface area contributed by atoms with E-state index in [0.29, 0.717) is 6.04 Å². The van der Waals surface area contributed by atoms with E-state index < -0.39 is 0 Å². The summed E-state index contributed by atoms with van der Waals surface area (Å²) in [6.45, 7) is 6.72. The maximum absolute atomic E-state index is 5.24. The van der Waals surface area contributed by atoms with Crippen LogP contribution in [0, 0.1) is 12.3 Å². The zero-order valence-corrected chi connectivity index (χ0v) is 9.26. The molecule has 0 aliphatic carbocycles. The summed E-state index contributed by atoms with van der Waals surface area (Å²) in [5, 5.41) is 3.41. The van der Waals surface area contributed by atoms with Crippen LogP contribution in [0.15, 0.2) is 0 Å². The molecule has 0 amide bonds. The lowest BCUT2D eigenvalue weighted by Crippen LogP contribution is -2.31. The van der Waals surface area contributed by atoms with E-state index in [1.807, 2.05) is 0 Å². The van der Waals surface area contributed by atoms with Gasteiger partial charge in [-0.05, 0) is 45.3 Å². The Morgan fingerprint density at radius 1 is 1.43 bits per heavy atom. The molecule has 0 aromatic heterocycles. The summed E-state index contributed by atoms with van der Waals surface area (Å²) in [4.78, 5) is 2.57. The molecular weight excluding hydrogens is 172 g/mol. The molecule has 0 radical (unpaired) electrons. The minimum atomic E-state index is 0.646. The lowest BCUT2D eigenvalue weighted by atomic mass is 10.1. The monoisotopic (exact) mass is 194 g/mol. The first kappa shape index (κ1) is 11.6. The van der Waals surface area contributed by atoms with Crippen LogP contribution >= 0.6 is 0 Å². The molecule has 0 spiro atoms. The average molecular weight is 194 g/mol. The fraction of sp³-hybridized carbons (Fsp3) is 0.833. The van der Waals surface area contributed by atoms with Gasteiger partial charge in [0.15, 0.2) is 0 Å². The summed E-state index contributed by atoms with van der Waals surface area (Å²) in [5.41, 5.74) is 0. The van der Waals surface area contributed by atoms with Crippen molar-refractivity contribution in [2.45, 2.75) is 38.6 Å². The topological polar surface area (TPSA) is 15.3 Å². The molecule has 1 aliphatic heterocycles. The summed E-state index contributed by atoms with van der Waals surface area (Å²) in [5.74, 6) is 2.65. The zero-order chi connectivity index (χ0) is 10.2. The molecule has 80 valence electrons. The normalized spacial score (nSPS) is 24.1. The minimum Gasteiger partial charge on any atom is -0.303 e. The third-order valence-corrected chi connectivity index (χ3v) is 2.85. The van der Waals surface area contributed by atoms with Crippen molar-refractivity contribution in [1.29, 1.82) is 0 Å². The van der Waals surface area contributed by atoms with Gasteiger partial charge in [-0.25, -0.2) is 0 Å². The highest BCUT2D eigenvalue weighted by molar-refractivity contribution is 4.88. The molecule has 0 bridgehead atoms. The predicted octanol–water partition coefficient (Wildman–Crippen LogP) is 1.47. The van der Waals surface area contributed by atoms with E-state index in [2.05, 4.69) is 23.1 Å². The summed E-state index contributed by atoms with van der Waals surface area (Å²) in [6.07, 6.45) is 10.3. The fourth-order valence-electron chi connectivity index (χ4n) is 2.10. The van der Waals surface area contributed by atoms with E-state index in [9.17, 15) is 0 Å². The first-order valence-electron chi connectivity index (χ1n) is 5.76. The lowest BCUT2D eigenvalue weighted by molar-refractivity contribution is 0.283. The summed E-state index contributed by atoms with van der Waals surface area (Å²) in [6, 6.07) is 0.646. The number of rotatable bonds is 4. The van der Waals surface area contributed by atoms with Gasteiger partial charge in [-0.15, -0.1) is 6.42 Å². The Labute approximate surface area is 88.1 Å². The van der Waals surface area contributed by atoms with Crippen molar-refractivity contribution < 1.29 is 0 Å². The second-order valence-electron chi connectivity index (χ2n) is 4.05. The molecule has 1 fully saturated rings. The fourth-order valence-corrected chi connectivity index (χ4v) is 2.10. The van der Waals surface area contributed by atoms with Gasteiger partial charge < -0.3 is 10.2 Å². The van der Waals surface area contributed by atoms with Crippen molar-refractivity contribution in [3.8, 4) is 12.3 Å². The van der Waals surface area contributed by atoms with Gasteiger partial charge in [0.25, 0.3) is 0 Å². The number of nitrogens with zero attached hydrogens (tertiary/aromatic N) is 1. The molecule has 2 heteroatoms. The van der Waals surface area contributed by atoms with E-state index in [1.165, 1.54) is 45.3 Å². The maximum atomic E-state index is 5.24. The second-order valence-corrected chi connectivity index (χ2v) is 4.05. The number of terminal acetylenes is 1. The Morgan fingerprint density at radius 2 is 2.29 bits per heavy atom. The third-order valence-electron chi connectivity index (χ3n) is 2.85. The van der Waals surface area contributed by atoms with Crippen LogP contribution in [0.2, 0.25) is 0 Å². The van der Waals surface area contributed by atoms with Gasteiger partial charge in [0.1, 0.15) is 0 Å². The smallest absolute Gasteiger partial charge is 0.0575 e. The van der Waals surface area contributed by atoms with Crippen LogP contribution in [0.4, 0.5) is 0 Å². The van der Waals surface area contributed by atoms with Crippen molar-refractivity contribution in [2.24, 2.45) is 0 Å². The van der Waals surface area contributed by atoms with Crippen molar-refractivity contribution in [3.63, 3.8) is 0 Å². The van der Waals surface area contributed by atoms with Crippen LogP contribution in [0.1, 0.15) is 32.6 Å². The molecular formula is C12H22N2. The van der Waals surface area contributed by atoms with Gasteiger partial charge in [-0.2, -0.15) is 0 Å². The predicted molar refractivity (Wildman–Crippen MR) is 61.2 cm³/mol. The zero-order valence-electron chi connectivity index (χ0n) is 9.26. The average Bonchev–Trinajstić information content (AvgIpc) is 2.41. The molecule has 1 heterocycles. The minimum absolute atomic E-state index is 0.646. The highest BCUT2D eigenvalue weighted by Gasteiger charge is 2.15. The van der Waals surface area contributed by atoms with Gasteiger partial charge in [-0.3, -0.25) is 0 Å². The van der Waals surface area contributed by atoms with Crippen LogP contribution in [0.3, 0.4) is 0 Å². The van der Waals surface area contributed by atoms with Crippen LogP contribution in [-0.4, -0.2) is 37.1 Å². The van der Waals surface area contributed by atoms with Gasteiger partial charge in [0.2, 0.25) is 0 Å². The molecule has 1 saturated heterocycles. The van der Waals surface area contributed by atoms with Crippen LogP contribution < -0.4 is 5.32 Å². The molecule has 0 saturated carbocycles. The van der Waals surface area contributed by atoms with Crippen molar-refractivity contribution in [3.05, 3.63) is 0 Å². The van der Waals surface area contributed by atoms with Crippen molar-refractivity contribution in [2.75, 3.05) is 26.2 Å². The number of nitrogens with one attached hydrogen (secondary N) is 1. The van der Waals surface area contributed by atoms with Gasteiger partial charge in [0.05, 0.1) is 6.54 Å². The summed E-state index contributed by atoms with van der Waals surface area (Å²) < 4.78 is 0. The molecule has 1 aliphatic rings. The Balaban J connectivity index is 2.23. The Morgan fingerprint density at radius 3 is 3.00 bits per heavy atom. The first-order valence-corrected chi connectivity index (χ1v) is 5.76. The van der Waals surface area contributed by atoms with Gasteiger partial charge in [-0.1, -0.05) is 12.8 Å². The largest absolute Gasteiger partial charge is 0.303 e. The van der Waals surface area contributed by atoms with Crippen molar-refractivity contribution in [1.82, 2.24) is 10.2 Å². The molecule has 0 aromatic rings. The van der Waals surface area contributed by atoms with E-state index in [0.717, 1.165) is 6.54 Å². The Kier molecular flexibility index (Phi) is 5.66. The molecule has 14 heavy (non-hydrogen) atoms. The maximum Gasteiger partial charge on any atom is 0.0575 e. The first-order chi connectivity index (χ1) is 6.86. The van der Waals surface area contributed by atoms with E-state index in [4.69, 9.17) is 6.42 Å². The van der Waals surface area contributed by atoms with Gasteiger partial charge >= 0.3 is 0 Å². The number of hydrogen-bond donors (Lipinski definition) is 1. The summed E-state index contributed by atoms with van der Waals surface area (Å²) in [7, 11) is 0. The SMILES string of the molecule is C#CCNC1CCCN(CCC)CC1. The molecule has 1 N–H and O–H groups in total. The van der Waals surface area contributed by atoms with E-state index in [1.54, 1.807) is 0 Å². The van der Waals surface area contributed by atoms with Crippen LogP contribution in [-0.2, 0) is 0 Å².